The van der Waals surface area contributed by atoms with Crippen molar-refractivity contribution >= 4 is 11.9 Å². The average Bonchev–Trinajstić information content (AvgIpc) is 3.04. The molecule has 0 fully saturated rings. The molecule has 8 heteroatoms. The summed E-state index contributed by atoms with van der Waals surface area (Å²) in [5, 5.41) is 6.85. The van der Waals surface area contributed by atoms with Gasteiger partial charge in [0, 0.05) is 12.0 Å². The first kappa shape index (κ1) is 16.3. The topological polar surface area (TPSA) is 59.8 Å². The molecule has 5 nitrogen and oxygen atoms in total. The summed E-state index contributed by atoms with van der Waals surface area (Å²) in [6.07, 6.45) is -2.91. The maximum atomic E-state index is 12.6. The van der Waals surface area contributed by atoms with Crippen LogP contribution in [0.3, 0.4) is 0 Å². The average molecular weight is 358 g/mol. The molecule has 0 bridgehead atoms. The van der Waals surface area contributed by atoms with E-state index in [1.807, 2.05) is 24.3 Å². The number of para-hydroxylation sites is 1. The van der Waals surface area contributed by atoms with Gasteiger partial charge in [-0.05, 0) is 42.3 Å². The predicted molar refractivity (Wildman–Crippen MR) is 88.2 cm³/mol. The van der Waals surface area contributed by atoms with Gasteiger partial charge in [-0.15, -0.1) is 5.10 Å². The Morgan fingerprint density at radius 1 is 1.04 bits per heavy atom. The number of hydrogen-bond acceptors (Lipinski definition) is 3. The zero-order valence-electron chi connectivity index (χ0n) is 13.4. The van der Waals surface area contributed by atoms with Crippen LogP contribution >= 0.6 is 0 Å². The van der Waals surface area contributed by atoms with Crippen molar-refractivity contribution in [3.63, 3.8) is 0 Å². The number of aromatic nitrogens is 3. The van der Waals surface area contributed by atoms with Gasteiger partial charge in [-0.2, -0.15) is 18.2 Å². The second-order valence-electron chi connectivity index (χ2n) is 5.92. The SMILES string of the molecule is O=C(Nc1nc2n(n1)-c1ccccc1CC2)c1ccc(C(F)(F)F)cc1. The highest BCUT2D eigenvalue weighted by Gasteiger charge is 2.30. The Labute approximate surface area is 146 Å². The number of carbonyl (C=O) groups is 1. The van der Waals surface area contributed by atoms with Crippen LogP contribution in [0.25, 0.3) is 5.69 Å². The number of aryl methyl sites for hydroxylation is 2. The Morgan fingerprint density at radius 2 is 1.77 bits per heavy atom. The molecule has 1 aliphatic rings. The molecule has 0 saturated carbocycles. The number of anilines is 1. The van der Waals surface area contributed by atoms with Gasteiger partial charge < -0.3 is 0 Å². The van der Waals surface area contributed by atoms with Gasteiger partial charge in [-0.3, -0.25) is 10.1 Å². The quantitative estimate of drug-likeness (QED) is 0.761. The Morgan fingerprint density at radius 3 is 2.50 bits per heavy atom. The Bertz CT molecular complexity index is 977. The van der Waals surface area contributed by atoms with E-state index in [9.17, 15) is 18.0 Å². The summed E-state index contributed by atoms with van der Waals surface area (Å²) in [4.78, 5) is 16.6. The lowest BCUT2D eigenvalue weighted by molar-refractivity contribution is -0.137. The first-order valence-corrected chi connectivity index (χ1v) is 7.94. The minimum atomic E-state index is -4.44. The fourth-order valence-electron chi connectivity index (χ4n) is 2.91. The molecular formula is C18H13F3N4O. The molecule has 0 atom stereocenters. The van der Waals surface area contributed by atoms with Crippen molar-refractivity contribution in [2.24, 2.45) is 0 Å². The van der Waals surface area contributed by atoms with Gasteiger partial charge in [0.15, 0.2) is 0 Å². The summed E-state index contributed by atoms with van der Waals surface area (Å²) in [6, 6.07) is 11.8. The molecule has 1 amide bonds. The lowest BCUT2D eigenvalue weighted by Gasteiger charge is -2.15. The van der Waals surface area contributed by atoms with Crippen molar-refractivity contribution in [2.45, 2.75) is 19.0 Å². The molecule has 132 valence electrons. The van der Waals surface area contributed by atoms with Gasteiger partial charge in [0.25, 0.3) is 5.91 Å². The highest BCUT2D eigenvalue weighted by atomic mass is 19.4. The molecule has 2 aromatic carbocycles. The third kappa shape index (κ3) is 2.94. The summed E-state index contributed by atoms with van der Waals surface area (Å²) in [6.45, 7) is 0. The minimum Gasteiger partial charge on any atom is -0.289 e. The Balaban J connectivity index is 1.56. The summed E-state index contributed by atoms with van der Waals surface area (Å²) < 4.78 is 39.5. The smallest absolute Gasteiger partial charge is 0.289 e. The molecule has 0 spiro atoms. The molecule has 3 aromatic rings. The molecule has 1 aliphatic heterocycles. The highest BCUT2D eigenvalue weighted by Crippen LogP contribution is 2.29. The number of amides is 1. The van der Waals surface area contributed by atoms with E-state index < -0.39 is 17.6 Å². The highest BCUT2D eigenvalue weighted by molar-refractivity contribution is 6.03. The maximum Gasteiger partial charge on any atom is 0.416 e. The van der Waals surface area contributed by atoms with Crippen LogP contribution in [0.2, 0.25) is 0 Å². The van der Waals surface area contributed by atoms with Crippen molar-refractivity contribution < 1.29 is 18.0 Å². The number of nitrogens with zero attached hydrogens (tertiary/aromatic N) is 3. The molecule has 4 rings (SSSR count). The molecule has 0 radical (unpaired) electrons. The Kier molecular flexibility index (Phi) is 3.75. The van der Waals surface area contributed by atoms with Gasteiger partial charge in [0.2, 0.25) is 5.95 Å². The van der Waals surface area contributed by atoms with Crippen molar-refractivity contribution in [3.05, 3.63) is 71.0 Å². The second-order valence-corrected chi connectivity index (χ2v) is 5.92. The fraction of sp³-hybridized carbons (Fsp3) is 0.167. The van der Waals surface area contributed by atoms with E-state index in [4.69, 9.17) is 0 Å². The van der Waals surface area contributed by atoms with Crippen LogP contribution in [0, 0.1) is 0 Å². The Hall–Kier alpha value is -3.16. The van der Waals surface area contributed by atoms with E-state index >= 15 is 0 Å². The van der Waals surface area contributed by atoms with Gasteiger partial charge in [-0.25, -0.2) is 4.68 Å². The van der Waals surface area contributed by atoms with E-state index in [1.54, 1.807) is 4.68 Å². The second kappa shape index (κ2) is 5.98. The minimum absolute atomic E-state index is 0.103. The predicted octanol–water partition coefficient (Wildman–Crippen LogP) is 3.64. The van der Waals surface area contributed by atoms with Crippen molar-refractivity contribution in [3.8, 4) is 5.69 Å². The standard InChI is InChI=1S/C18H13F3N4O/c19-18(20,21)13-8-5-12(6-9-13)16(26)23-17-22-15-10-7-11-3-1-2-4-14(11)25(15)24-17/h1-6,8-9H,7,10H2,(H,23,24,26). The first-order valence-electron chi connectivity index (χ1n) is 7.94. The molecule has 26 heavy (non-hydrogen) atoms. The van der Waals surface area contributed by atoms with E-state index in [0.717, 1.165) is 47.8 Å². The lowest BCUT2D eigenvalue weighted by Crippen LogP contribution is -2.14. The monoisotopic (exact) mass is 358 g/mol. The van der Waals surface area contributed by atoms with Gasteiger partial charge in [0.05, 0.1) is 11.3 Å². The molecule has 0 saturated heterocycles. The third-order valence-corrected chi connectivity index (χ3v) is 4.21. The number of carbonyl (C=O) groups excluding carboxylic acids is 1. The number of nitrogens with one attached hydrogen (secondary N) is 1. The van der Waals surface area contributed by atoms with E-state index in [0.29, 0.717) is 6.42 Å². The zero-order chi connectivity index (χ0) is 18.3. The van der Waals surface area contributed by atoms with Gasteiger partial charge in [-0.1, -0.05) is 18.2 Å². The number of rotatable bonds is 2. The summed E-state index contributed by atoms with van der Waals surface area (Å²) in [5.41, 5.74) is 1.36. The summed E-state index contributed by atoms with van der Waals surface area (Å²) >= 11 is 0. The van der Waals surface area contributed by atoms with Crippen LogP contribution in [0.15, 0.2) is 48.5 Å². The molecule has 0 unspecified atom stereocenters. The maximum absolute atomic E-state index is 12.6. The first-order chi connectivity index (χ1) is 12.4. The van der Waals surface area contributed by atoms with E-state index in [2.05, 4.69) is 15.4 Å². The van der Waals surface area contributed by atoms with Crippen LogP contribution in [0.5, 0.6) is 0 Å². The number of benzene rings is 2. The van der Waals surface area contributed by atoms with Crippen LogP contribution in [-0.2, 0) is 19.0 Å². The van der Waals surface area contributed by atoms with E-state index in [1.165, 1.54) is 0 Å². The van der Waals surface area contributed by atoms with E-state index in [-0.39, 0.29) is 11.5 Å². The van der Waals surface area contributed by atoms with Crippen molar-refractivity contribution in [2.75, 3.05) is 5.32 Å². The molecule has 0 aliphatic carbocycles. The van der Waals surface area contributed by atoms with Crippen molar-refractivity contribution in [1.29, 1.82) is 0 Å². The number of fused-ring (bicyclic) bond motifs is 3. The number of hydrogen-bond donors (Lipinski definition) is 1. The van der Waals surface area contributed by atoms with Crippen LogP contribution < -0.4 is 5.32 Å². The van der Waals surface area contributed by atoms with Crippen LogP contribution in [0.4, 0.5) is 19.1 Å². The molecule has 1 aromatic heterocycles. The van der Waals surface area contributed by atoms with Crippen molar-refractivity contribution in [1.82, 2.24) is 14.8 Å². The van der Waals surface area contributed by atoms with Gasteiger partial charge in [0.1, 0.15) is 5.82 Å². The van der Waals surface area contributed by atoms with Crippen LogP contribution in [-0.4, -0.2) is 20.7 Å². The van der Waals surface area contributed by atoms with Crippen LogP contribution in [0.1, 0.15) is 27.3 Å². The largest absolute Gasteiger partial charge is 0.416 e. The number of halogens is 3. The fourth-order valence-corrected chi connectivity index (χ4v) is 2.91. The summed E-state index contributed by atoms with van der Waals surface area (Å²) in [5.74, 6) is 0.294. The normalized spacial score (nSPS) is 13.0. The molecular weight excluding hydrogens is 345 g/mol. The van der Waals surface area contributed by atoms with Gasteiger partial charge >= 0.3 is 6.18 Å². The third-order valence-electron chi connectivity index (χ3n) is 4.21. The number of alkyl halides is 3. The summed E-state index contributed by atoms with van der Waals surface area (Å²) in [7, 11) is 0. The molecule has 2 heterocycles. The molecule has 1 N–H and O–H groups in total. The zero-order valence-corrected chi connectivity index (χ0v) is 13.4. The lowest BCUT2D eigenvalue weighted by atomic mass is 10.0.